The maximum absolute atomic E-state index is 13.5. The van der Waals surface area contributed by atoms with Gasteiger partial charge in [-0.2, -0.15) is 0 Å². The van der Waals surface area contributed by atoms with Gasteiger partial charge in [0.05, 0.1) is 0 Å². The minimum atomic E-state index is -0.516. The first-order valence-electron chi connectivity index (χ1n) is 9.47. The fourth-order valence-electron chi connectivity index (χ4n) is 3.23. The molecule has 2 heterocycles. The first-order chi connectivity index (χ1) is 14.5. The molecule has 2 aromatic carbocycles. The van der Waals surface area contributed by atoms with Crippen molar-refractivity contribution in [2.24, 2.45) is 0 Å². The number of carbonyl (C=O) groups excluding carboxylic acids is 2. The Hall–Kier alpha value is -3.20. The molecule has 0 radical (unpaired) electrons. The fourth-order valence-corrected chi connectivity index (χ4v) is 4.15. The van der Waals surface area contributed by atoms with Crippen LogP contribution in [0.2, 0.25) is 0 Å². The smallest absolute Gasteiger partial charge is 0.321 e. The van der Waals surface area contributed by atoms with Gasteiger partial charge in [0.15, 0.2) is 5.16 Å². The average molecular weight is 425 g/mol. The third-order valence-electron chi connectivity index (χ3n) is 4.72. The van der Waals surface area contributed by atoms with Gasteiger partial charge >= 0.3 is 6.03 Å². The number of aromatic nitrogens is 3. The van der Waals surface area contributed by atoms with Crippen LogP contribution in [0.25, 0.3) is 5.69 Å². The van der Waals surface area contributed by atoms with Gasteiger partial charge in [-0.3, -0.25) is 14.7 Å². The molecule has 154 valence electrons. The molecule has 0 aliphatic carbocycles. The molecule has 4 rings (SSSR count). The van der Waals surface area contributed by atoms with Gasteiger partial charge in [0, 0.05) is 30.3 Å². The van der Waals surface area contributed by atoms with Gasteiger partial charge < -0.3 is 5.32 Å². The van der Waals surface area contributed by atoms with Crippen LogP contribution in [0.15, 0.2) is 53.7 Å². The highest BCUT2D eigenvalue weighted by Gasteiger charge is 2.26. The van der Waals surface area contributed by atoms with Crippen molar-refractivity contribution in [3.8, 4) is 5.69 Å². The first-order valence-corrected chi connectivity index (χ1v) is 10.5. The second-order valence-electron chi connectivity index (χ2n) is 7.11. The van der Waals surface area contributed by atoms with Crippen LogP contribution in [-0.4, -0.2) is 32.7 Å². The molecular weight excluding hydrogens is 405 g/mol. The maximum atomic E-state index is 13.5. The summed E-state index contributed by atoms with van der Waals surface area (Å²) in [5, 5.41) is 14.2. The van der Waals surface area contributed by atoms with Crippen LogP contribution < -0.4 is 10.6 Å². The molecule has 1 aliphatic rings. The van der Waals surface area contributed by atoms with Gasteiger partial charge in [-0.05, 0) is 36.8 Å². The fraction of sp³-hybridized carbons (Fsp3) is 0.238. The number of aryl methyl sites for hydroxylation is 1. The van der Waals surface area contributed by atoms with Crippen molar-refractivity contribution in [1.82, 2.24) is 25.4 Å². The Morgan fingerprint density at radius 1 is 1.10 bits per heavy atom. The highest BCUT2D eigenvalue weighted by atomic mass is 32.2. The van der Waals surface area contributed by atoms with Crippen LogP contribution in [0, 0.1) is 12.7 Å². The van der Waals surface area contributed by atoms with Gasteiger partial charge in [-0.25, -0.2) is 9.18 Å². The molecule has 3 amide bonds. The second kappa shape index (κ2) is 8.66. The van der Waals surface area contributed by atoms with E-state index in [1.807, 2.05) is 11.5 Å². The molecule has 9 heteroatoms. The number of hydrogen-bond acceptors (Lipinski definition) is 5. The van der Waals surface area contributed by atoms with E-state index >= 15 is 0 Å². The second-order valence-corrected chi connectivity index (χ2v) is 8.05. The lowest BCUT2D eigenvalue weighted by atomic mass is 10.1. The Kier molecular flexibility index (Phi) is 5.80. The Morgan fingerprint density at radius 3 is 2.53 bits per heavy atom. The van der Waals surface area contributed by atoms with Crippen molar-refractivity contribution >= 4 is 23.7 Å². The number of thioether (sulfide) groups is 1. The highest BCUT2D eigenvalue weighted by molar-refractivity contribution is 7.98. The van der Waals surface area contributed by atoms with Crippen LogP contribution in [0.5, 0.6) is 0 Å². The van der Waals surface area contributed by atoms with Crippen molar-refractivity contribution in [2.75, 3.05) is 0 Å². The molecule has 7 nitrogen and oxygen atoms in total. The normalized spacial score (nSPS) is 16.3. The monoisotopic (exact) mass is 425 g/mol. The zero-order valence-electron chi connectivity index (χ0n) is 16.3. The molecule has 1 fully saturated rings. The van der Waals surface area contributed by atoms with Gasteiger partial charge in [-0.15, -0.1) is 10.2 Å². The maximum Gasteiger partial charge on any atom is 0.321 e. The molecule has 0 bridgehead atoms. The largest absolute Gasteiger partial charge is 0.334 e. The first kappa shape index (κ1) is 20.1. The Labute approximate surface area is 177 Å². The van der Waals surface area contributed by atoms with E-state index in [-0.39, 0.29) is 24.2 Å². The van der Waals surface area contributed by atoms with E-state index in [9.17, 15) is 14.0 Å². The molecular formula is C21H20FN5O2S. The van der Waals surface area contributed by atoms with Gasteiger partial charge in [0.2, 0.25) is 5.91 Å². The number of nitrogens with one attached hydrogen (secondary N) is 2. The predicted molar refractivity (Wildman–Crippen MR) is 111 cm³/mol. The van der Waals surface area contributed by atoms with Gasteiger partial charge in [0.25, 0.3) is 0 Å². The average Bonchev–Trinajstić information content (AvgIpc) is 3.10. The molecule has 1 unspecified atom stereocenters. The van der Waals surface area contributed by atoms with E-state index in [2.05, 4.69) is 45.1 Å². The highest BCUT2D eigenvalue weighted by Crippen LogP contribution is 2.26. The summed E-state index contributed by atoms with van der Waals surface area (Å²) in [6, 6.07) is 13.4. The minimum absolute atomic E-state index is 0.161. The summed E-state index contributed by atoms with van der Waals surface area (Å²) in [6.07, 6.45) is 0.489. The van der Waals surface area contributed by atoms with Crippen molar-refractivity contribution in [3.63, 3.8) is 0 Å². The van der Waals surface area contributed by atoms with Crippen LogP contribution in [0.1, 0.15) is 23.4 Å². The molecule has 30 heavy (non-hydrogen) atoms. The Balaban J connectivity index is 1.61. The molecule has 1 aliphatic heterocycles. The van der Waals surface area contributed by atoms with Crippen molar-refractivity contribution in [2.45, 2.75) is 36.7 Å². The number of imide groups is 1. The van der Waals surface area contributed by atoms with E-state index in [1.54, 1.807) is 12.1 Å². The number of urea groups is 1. The lowest BCUT2D eigenvalue weighted by Gasteiger charge is -2.23. The summed E-state index contributed by atoms with van der Waals surface area (Å²) < 4.78 is 15.3. The van der Waals surface area contributed by atoms with E-state index < -0.39 is 6.03 Å². The molecule has 1 aromatic heterocycles. The van der Waals surface area contributed by atoms with E-state index in [0.717, 1.165) is 11.3 Å². The standard InChI is InChI=1S/C21H20FN5O2S/c1-13-2-4-14(5-3-13)12-30-21-26-25-18(10-16-11-19(28)24-20(29)23-16)27(21)17-8-6-15(22)7-9-17/h2-9,16H,10-12H2,1H3,(H2,23,24,28,29). The van der Waals surface area contributed by atoms with Gasteiger partial charge in [-0.1, -0.05) is 41.6 Å². The zero-order valence-corrected chi connectivity index (χ0v) is 17.1. The molecule has 1 saturated heterocycles. The Morgan fingerprint density at radius 2 is 1.83 bits per heavy atom. The Bertz CT molecular complexity index is 1050. The minimum Gasteiger partial charge on any atom is -0.334 e. The van der Waals surface area contributed by atoms with Crippen LogP contribution in [-0.2, 0) is 17.0 Å². The number of rotatable bonds is 6. The van der Waals surface area contributed by atoms with Crippen LogP contribution in [0.3, 0.4) is 0 Å². The number of hydrogen-bond donors (Lipinski definition) is 2. The number of benzene rings is 2. The van der Waals surface area contributed by atoms with Crippen molar-refractivity contribution in [3.05, 3.63) is 71.3 Å². The third-order valence-corrected chi connectivity index (χ3v) is 5.72. The molecule has 0 saturated carbocycles. The summed E-state index contributed by atoms with van der Waals surface area (Å²) >= 11 is 1.52. The van der Waals surface area contributed by atoms with E-state index in [4.69, 9.17) is 0 Å². The molecule has 1 atom stereocenters. The van der Waals surface area contributed by atoms with Crippen molar-refractivity contribution < 1.29 is 14.0 Å². The summed E-state index contributed by atoms with van der Waals surface area (Å²) in [5.74, 6) is 0.624. The number of halogens is 1. The van der Waals surface area contributed by atoms with E-state index in [0.29, 0.717) is 23.2 Å². The van der Waals surface area contributed by atoms with Crippen LogP contribution in [0.4, 0.5) is 9.18 Å². The summed E-state index contributed by atoms with van der Waals surface area (Å²) in [7, 11) is 0. The number of carbonyl (C=O) groups is 2. The summed E-state index contributed by atoms with van der Waals surface area (Å²) in [6.45, 7) is 2.04. The number of amides is 3. The zero-order chi connectivity index (χ0) is 21.1. The van der Waals surface area contributed by atoms with E-state index in [1.165, 1.54) is 29.5 Å². The lowest BCUT2D eigenvalue weighted by molar-refractivity contribution is -0.121. The molecule has 0 spiro atoms. The quantitative estimate of drug-likeness (QED) is 0.593. The summed E-state index contributed by atoms with van der Waals surface area (Å²) in [4.78, 5) is 23.3. The SMILES string of the molecule is Cc1ccc(CSc2nnc(CC3CC(=O)NC(=O)N3)n2-c2ccc(F)cc2)cc1. The molecule has 3 aromatic rings. The van der Waals surface area contributed by atoms with Crippen LogP contribution >= 0.6 is 11.8 Å². The molecule has 2 N–H and O–H groups in total. The van der Waals surface area contributed by atoms with Crippen molar-refractivity contribution in [1.29, 1.82) is 0 Å². The predicted octanol–water partition coefficient (Wildman–Crippen LogP) is 3.15. The topological polar surface area (TPSA) is 88.9 Å². The number of nitrogens with zero attached hydrogens (tertiary/aromatic N) is 3. The summed E-state index contributed by atoms with van der Waals surface area (Å²) in [5.41, 5.74) is 3.06. The van der Waals surface area contributed by atoms with Gasteiger partial charge in [0.1, 0.15) is 11.6 Å². The third kappa shape index (κ3) is 4.68. The lowest BCUT2D eigenvalue weighted by Crippen LogP contribution is -2.53.